The molecular weight excluding hydrogens is 436 g/mol. The van der Waals surface area contributed by atoms with Gasteiger partial charge in [0.05, 0.1) is 11.5 Å². The van der Waals surface area contributed by atoms with Gasteiger partial charge in [-0.15, -0.1) is 0 Å². The topological polar surface area (TPSA) is 125 Å². The van der Waals surface area contributed by atoms with E-state index < -0.39 is 35.5 Å². The van der Waals surface area contributed by atoms with E-state index in [0.29, 0.717) is 12.8 Å². The largest absolute Gasteiger partial charge is 0.480 e. The van der Waals surface area contributed by atoms with Crippen LogP contribution in [0.25, 0.3) is 11.1 Å². The van der Waals surface area contributed by atoms with Gasteiger partial charge in [-0.3, -0.25) is 4.79 Å². The lowest BCUT2D eigenvalue weighted by molar-refractivity contribution is -0.146. The summed E-state index contributed by atoms with van der Waals surface area (Å²) in [5.41, 5.74) is 3.58. The Labute approximate surface area is 198 Å². The Bertz CT molecular complexity index is 1030. The number of aliphatic hydroxyl groups is 1. The Morgan fingerprint density at radius 3 is 2.12 bits per heavy atom. The summed E-state index contributed by atoms with van der Waals surface area (Å²) in [6, 6.07) is 14.7. The number of amides is 2. The third-order valence-electron chi connectivity index (χ3n) is 6.99. The van der Waals surface area contributed by atoms with Crippen molar-refractivity contribution in [2.75, 3.05) is 13.2 Å². The van der Waals surface area contributed by atoms with Gasteiger partial charge >= 0.3 is 12.1 Å². The highest BCUT2D eigenvalue weighted by Crippen LogP contribution is 2.44. The fraction of sp³-hybridized carbons (Fsp3) is 0.423. The van der Waals surface area contributed by atoms with Crippen molar-refractivity contribution in [3.8, 4) is 11.1 Å². The van der Waals surface area contributed by atoms with Crippen molar-refractivity contribution in [3.05, 3.63) is 59.7 Å². The molecule has 2 aliphatic rings. The first-order valence-electron chi connectivity index (χ1n) is 11.6. The molecule has 0 aromatic heterocycles. The summed E-state index contributed by atoms with van der Waals surface area (Å²) in [7, 11) is 0. The second kappa shape index (κ2) is 9.85. The van der Waals surface area contributed by atoms with Crippen molar-refractivity contribution in [3.63, 3.8) is 0 Å². The van der Waals surface area contributed by atoms with Gasteiger partial charge in [-0.05, 0) is 42.0 Å². The van der Waals surface area contributed by atoms with Crippen LogP contribution in [0.3, 0.4) is 0 Å². The molecule has 0 heterocycles. The van der Waals surface area contributed by atoms with E-state index in [4.69, 9.17) is 4.74 Å². The number of aliphatic hydroxyl groups excluding tert-OH is 1. The highest BCUT2D eigenvalue weighted by Gasteiger charge is 2.43. The fourth-order valence-corrected chi connectivity index (χ4v) is 5.11. The molecule has 1 saturated carbocycles. The minimum absolute atomic E-state index is 0.0433. The fourth-order valence-electron chi connectivity index (χ4n) is 5.11. The van der Waals surface area contributed by atoms with Crippen LogP contribution in [0.2, 0.25) is 0 Å². The molecule has 1 fully saturated rings. The first kappa shape index (κ1) is 23.8. The van der Waals surface area contributed by atoms with E-state index >= 15 is 0 Å². The van der Waals surface area contributed by atoms with Gasteiger partial charge in [-0.2, -0.15) is 0 Å². The first-order valence-corrected chi connectivity index (χ1v) is 11.6. The Balaban J connectivity index is 1.38. The van der Waals surface area contributed by atoms with Crippen LogP contribution in [-0.4, -0.2) is 53.5 Å². The minimum atomic E-state index is -1.40. The number of hydrogen-bond acceptors (Lipinski definition) is 5. The van der Waals surface area contributed by atoms with Gasteiger partial charge in [-0.1, -0.05) is 61.4 Å². The van der Waals surface area contributed by atoms with Crippen molar-refractivity contribution in [2.45, 2.75) is 50.7 Å². The number of alkyl carbamates (subject to hydrolysis) is 1. The molecule has 2 amide bonds. The van der Waals surface area contributed by atoms with Crippen LogP contribution >= 0.6 is 0 Å². The van der Waals surface area contributed by atoms with Crippen LogP contribution in [0, 0.1) is 5.41 Å². The number of carboxylic acids is 1. The average Bonchev–Trinajstić information content (AvgIpc) is 3.43. The molecule has 2 aromatic carbocycles. The molecule has 2 aliphatic carbocycles. The lowest BCUT2D eigenvalue weighted by Gasteiger charge is -2.30. The SMILES string of the molecule is CC(O)C(NC(=O)C1(CNC(=O)OCC2c3ccccc3-c3ccccc32)CCCC1)C(=O)O. The standard InChI is InChI=1S/C26H30N2O6/c1-16(29)22(23(30)31)28-24(32)26(12-6-7-13-26)15-27-25(33)34-14-21-19-10-4-2-8-17(19)18-9-3-5-11-20(18)21/h2-5,8-11,16,21-22,29H,6-7,12-15H2,1H3,(H,27,33)(H,28,32)(H,30,31). The molecule has 0 aliphatic heterocycles. The predicted molar refractivity (Wildman–Crippen MR) is 125 cm³/mol. The van der Waals surface area contributed by atoms with Crippen LogP contribution < -0.4 is 10.6 Å². The van der Waals surface area contributed by atoms with Crippen molar-refractivity contribution in [2.24, 2.45) is 5.41 Å². The van der Waals surface area contributed by atoms with E-state index in [0.717, 1.165) is 35.1 Å². The Hall–Kier alpha value is -3.39. The number of benzene rings is 2. The Kier molecular flexibility index (Phi) is 6.88. The first-order chi connectivity index (χ1) is 16.3. The smallest absolute Gasteiger partial charge is 0.407 e. The number of carbonyl (C=O) groups is 3. The van der Waals surface area contributed by atoms with E-state index in [9.17, 15) is 24.6 Å². The molecule has 180 valence electrons. The maximum Gasteiger partial charge on any atom is 0.407 e. The summed E-state index contributed by atoms with van der Waals surface area (Å²) in [5.74, 6) is -1.84. The number of rotatable bonds is 8. The van der Waals surface area contributed by atoms with Crippen LogP contribution in [-0.2, 0) is 14.3 Å². The predicted octanol–water partition coefficient (Wildman–Crippen LogP) is 3.04. The number of aliphatic carboxylic acids is 1. The maximum absolute atomic E-state index is 13.0. The van der Waals surface area contributed by atoms with Crippen molar-refractivity contribution < 1.29 is 29.3 Å². The molecule has 4 rings (SSSR count). The lowest BCUT2D eigenvalue weighted by Crippen LogP contribution is -2.54. The summed E-state index contributed by atoms with van der Waals surface area (Å²) in [4.78, 5) is 36.9. The second-order valence-corrected chi connectivity index (χ2v) is 9.20. The molecule has 2 aromatic rings. The van der Waals surface area contributed by atoms with Crippen LogP contribution in [0.15, 0.2) is 48.5 Å². The van der Waals surface area contributed by atoms with E-state index in [2.05, 4.69) is 22.8 Å². The summed E-state index contributed by atoms with van der Waals surface area (Å²) in [6.45, 7) is 1.53. The normalized spacial score (nSPS) is 17.8. The van der Waals surface area contributed by atoms with Crippen LogP contribution in [0.5, 0.6) is 0 Å². The van der Waals surface area contributed by atoms with E-state index in [-0.39, 0.29) is 19.1 Å². The summed E-state index contributed by atoms with van der Waals surface area (Å²) >= 11 is 0. The molecule has 2 atom stereocenters. The molecule has 34 heavy (non-hydrogen) atoms. The number of nitrogens with one attached hydrogen (secondary N) is 2. The van der Waals surface area contributed by atoms with E-state index in [1.165, 1.54) is 6.92 Å². The van der Waals surface area contributed by atoms with Gasteiger partial charge in [0, 0.05) is 12.5 Å². The third kappa shape index (κ3) is 4.63. The molecule has 0 bridgehead atoms. The molecule has 0 spiro atoms. The van der Waals surface area contributed by atoms with Crippen LogP contribution in [0.4, 0.5) is 4.79 Å². The maximum atomic E-state index is 13.0. The third-order valence-corrected chi connectivity index (χ3v) is 6.99. The summed E-state index contributed by atoms with van der Waals surface area (Å²) in [6.07, 6.45) is 0.781. The van der Waals surface area contributed by atoms with E-state index in [1.54, 1.807) is 0 Å². The zero-order valence-corrected chi connectivity index (χ0v) is 19.1. The Morgan fingerprint density at radius 1 is 1.03 bits per heavy atom. The molecule has 8 nitrogen and oxygen atoms in total. The number of carbonyl (C=O) groups excluding carboxylic acids is 2. The minimum Gasteiger partial charge on any atom is -0.480 e. The molecule has 4 N–H and O–H groups in total. The highest BCUT2D eigenvalue weighted by atomic mass is 16.5. The number of hydrogen-bond donors (Lipinski definition) is 4. The molecular formula is C26H30N2O6. The summed E-state index contributed by atoms with van der Waals surface area (Å²) < 4.78 is 5.57. The van der Waals surface area contributed by atoms with Gasteiger partial charge in [0.15, 0.2) is 6.04 Å². The number of fused-ring (bicyclic) bond motifs is 3. The van der Waals surface area contributed by atoms with Gasteiger partial charge in [0.1, 0.15) is 6.61 Å². The summed E-state index contributed by atoms with van der Waals surface area (Å²) in [5, 5.41) is 24.1. The van der Waals surface area contributed by atoms with Gasteiger partial charge in [0.2, 0.25) is 5.91 Å². The monoisotopic (exact) mass is 466 g/mol. The van der Waals surface area contributed by atoms with Gasteiger partial charge < -0.3 is 25.6 Å². The lowest BCUT2D eigenvalue weighted by atomic mass is 9.84. The number of carboxylic acid groups (broad SMARTS) is 1. The van der Waals surface area contributed by atoms with Crippen molar-refractivity contribution >= 4 is 18.0 Å². The van der Waals surface area contributed by atoms with Gasteiger partial charge in [-0.25, -0.2) is 9.59 Å². The van der Waals surface area contributed by atoms with Crippen LogP contribution in [0.1, 0.15) is 49.7 Å². The molecule has 0 saturated heterocycles. The Morgan fingerprint density at radius 2 is 1.59 bits per heavy atom. The second-order valence-electron chi connectivity index (χ2n) is 9.20. The van der Waals surface area contributed by atoms with Gasteiger partial charge in [0.25, 0.3) is 0 Å². The van der Waals surface area contributed by atoms with Crippen molar-refractivity contribution in [1.29, 1.82) is 0 Å². The molecule has 2 unspecified atom stereocenters. The molecule has 0 radical (unpaired) electrons. The quantitative estimate of drug-likeness (QED) is 0.474. The molecule has 8 heteroatoms. The zero-order valence-electron chi connectivity index (χ0n) is 19.1. The number of ether oxygens (including phenoxy) is 1. The zero-order chi connectivity index (χ0) is 24.3. The van der Waals surface area contributed by atoms with Crippen molar-refractivity contribution in [1.82, 2.24) is 10.6 Å². The average molecular weight is 467 g/mol. The highest BCUT2D eigenvalue weighted by molar-refractivity contribution is 5.88. The van der Waals surface area contributed by atoms with E-state index in [1.807, 2.05) is 36.4 Å².